The predicted molar refractivity (Wildman–Crippen MR) is 66.5 cm³/mol. The van der Waals surface area contributed by atoms with Gasteiger partial charge in [0.05, 0.1) is 11.3 Å². The van der Waals surface area contributed by atoms with Crippen molar-refractivity contribution in [3.63, 3.8) is 0 Å². The Balaban J connectivity index is 2.28. The second-order valence-electron chi connectivity index (χ2n) is 4.34. The third-order valence-electron chi connectivity index (χ3n) is 3.02. The number of aromatic nitrogens is 1. The molecule has 0 saturated heterocycles. The fraction of sp³-hybridized carbons (Fsp3) is 0.500. The maximum absolute atomic E-state index is 12.3. The topological polar surface area (TPSA) is 71.2 Å². The zero-order valence-corrected chi connectivity index (χ0v) is 10.2. The van der Waals surface area contributed by atoms with Crippen molar-refractivity contribution in [2.24, 2.45) is 5.84 Å². The number of carbonyl (C=O) groups excluding carboxylic acids is 1. The molecule has 5 nitrogen and oxygen atoms in total. The summed E-state index contributed by atoms with van der Waals surface area (Å²) in [5.41, 5.74) is 4.59. The van der Waals surface area contributed by atoms with Gasteiger partial charge < -0.3 is 10.3 Å². The minimum absolute atomic E-state index is 0.00968. The van der Waals surface area contributed by atoms with Crippen LogP contribution in [0.25, 0.3) is 0 Å². The molecule has 5 heteroatoms. The first-order valence-corrected chi connectivity index (χ1v) is 5.91. The van der Waals surface area contributed by atoms with Gasteiger partial charge in [-0.2, -0.15) is 0 Å². The molecule has 0 atom stereocenters. The van der Waals surface area contributed by atoms with E-state index in [-0.39, 0.29) is 5.91 Å². The fourth-order valence-electron chi connectivity index (χ4n) is 1.96. The van der Waals surface area contributed by atoms with Crippen LogP contribution in [0.15, 0.2) is 12.3 Å². The molecule has 2 rings (SSSR count). The highest BCUT2D eigenvalue weighted by Gasteiger charge is 2.32. The quantitative estimate of drug-likeness (QED) is 0.608. The van der Waals surface area contributed by atoms with Crippen LogP contribution in [0.1, 0.15) is 35.8 Å². The number of aryl methyl sites for hydroxylation is 1. The van der Waals surface area contributed by atoms with Gasteiger partial charge in [0.1, 0.15) is 0 Å². The number of hydrogen-bond acceptors (Lipinski definition) is 4. The Morgan fingerprint density at radius 1 is 1.65 bits per heavy atom. The molecule has 3 N–H and O–H groups in total. The van der Waals surface area contributed by atoms with E-state index < -0.39 is 0 Å². The zero-order valence-electron chi connectivity index (χ0n) is 10.2. The standard InChI is InChI=1S/C12H18N4O/c1-3-16(9-4-5-9)12(17)10-7-14-8(2)6-11(10)15-13/h6-7,9H,3-5,13H2,1-2H3,(H,14,15). The van der Waals surface area contributed by atoms with Crippen LogP contribution in [0.5, 0.6) is 0 Å². The van der Waals surface area contributed by atoms with Gasteiger partial charge in [-0.1, -0.05) is 0 Å². The van der Waals surface area contributed by atoms with E-state index in [0.717, 1.165) is 25.1 Å². The molecule has 1 aromatic rings. The Bertz CT molecular complexity index is 429. The van der Waals surface area contributed by atoms with Crippen LogP contribution in [-0.4, -0.2) is 28.4 Å². The van der Waals surface area contributed by atoms with Crippen molar-refractivity contribution in [1.29, 1.82) is 0 Å². The molecule has 1 aromatic heterocycles. The van der Waals surface area contributed by atoms with E-state index in [9.17, 15) is 4.79 Å². The monoisotopic (exact) mass is 234 g/mol. The van der Waals surface area contributed by atoms with Gasteiger partial charge in [-0.15, -0.1) is 0 Å². The number of anilines is 1. The summed E-state index contributed by atoms with van der Waals surface area (Å²) < 4.78 is 0. The van der Waals surface area contributed by atoms with Crippen molar-refractivity contribution in [2.75, 3.05) is 12.0 Å². The van der Waals surface area contributed by atoms with Gasteiger partial charge in [0.2, 0.25) is 0 Å². The molecule has 0 unspecified atom stereocenters. The molecule has 1 saturated carbocycles. The van der Waals surface area contributed by atoms with E-state index in [4.69, 9.17) is 5.84 Å². The summed E-state index contributed by atoms with van der Waals surface area (Å²) in [6.45, 7) is 4.59. The van der Waals surface area contributed by atoms with Crippen LogP contribution in [-0.2, 0) is 0 Å². The molecule has 1 amide bonds. The Hall–Kier alpha value is -1.62. The molecule has 1 aliphatic rings. The summed E-state index contributed by atoms with van der Waals surface area (Å²) in [7, 11) is 0. The van der Waals surface area contributed by atoms with Crippen molar-refractivity contribution in [2.45, 2.75) is 32.7 Å². The van der Waals surface area contributed by atoms with Crippen LogP contribution in [0.3, 0.4) is 0 Å². The number of nitrogens with two attached hydrogens (primary N) is 1. The zero-order chi connectivity index (χ0) is 12.4. The average Bonchev–Trinajstić information content (AvgIpc) is 3.14. The lowest BCUT2D eigenvalue weighted by Crippen LogP contribution is -2.33. The third-order valence-corrected chi connectivity index (χ3v) is 3.02. The summed E-state index contributed by atoms with van der Waals surface area (Å²) in [4.78, 5) is 18.4. The number of hydrazine groups is 1. The van der Waals surface area contributed by atoms with Crippen LogP contribution >= 0.6 is 0 Å². The van der Waals surface area contributed by atoms with Crippen molar-refractivity contribution in [1.82, 2.24) is 9.88 Å². The molecular formula is C12H18N4O. The van der Waals surface area contributed by atoms with Crippen LogP contribution in [0.2, 0.25) is 0 Å². The lowest BCUT2D eigenvalue weighted by Gasteiger charge is -2.21. The molecule has 1 aliphatic carbocycles. The normalized spacial score (nSPS) is 14.5. The van der Waals surface area contributed by atoms with E-state index in [1.165, 1.54) is 0 Å². The number of nitrogen functional groups attached to an aromatic ring is 1. The lowest BCUT2D eigenvalue weighted by atomic mass is 10.2. The summed E-state index contributed by atoms with van der Waals surface area (Å²) >= 11 is 0. The average molecular weight is 234 g/mol. The molecule has 0 aliphatic heterocycles. The smallest absolute Gasteiger partial charge is 0.257 e. The first-order chi connectivity index (χ1) is 8.17. The van der Waals surface area contributed by atoms with Crippen LogP contribution < -0.4 is 11.3 Å². The molecule has 0 radical (unpaired) electrons. The Morgan fingerprint density at radius 2 is 2.35 bits per heavy atom. The van der Waals surface area contributed by atoms with Crippen LogP contribution in [0.4, 0.5) is 5.69 Å². The van der Waals surface area contributed by atoms with E-state index in [0.29, 0.717) is 17.3 Å². The summed E-state index contributed by atoms with van der Waals surface area (Å²) in [6, 6.07) is 2.19. The first kappa shape index (κ1) is 11.9. The predicted octanol–water partition coefficient (Wildman–Crippen LogP) is 1.30. The fourth-order valence-corrected chi connectivity index (χ4v) is 1.96. The number of rotatable bonds is 4. The number of hydrogen-bond donors (Lipinski definition) is 2. The van der Waals surface area contributed by atoms with E-state index in [2.05, 4.69) is 10.4 Å². The van der Waals surface area contributed by atoms with Gasteiger partial charge in [0.15, 0.2) is 0 Å². The van der Waals surface area contributed by atoms with Gasteiger partial charge in [-0.05, 0) is 32.8 Å². The highest BCUT2D eigenvalue weighted by atomic mass is 16.2. The van der Waals surface area contributed by atoms with Gasteiger partial charge in [0.25, 0.3) is 5.91 Å². The summed E-state index contributed by atoms with van der Waals surface area (Å²) in [6.07, 6.45) is 3.80. The molecule has 1 heterocycles. The molecule has 1 fully saturated rings. The Labute approximate surface area is 101 Å². The summed E-state index contributed by atoms with van der Waals surface area (Å²) in [5.74, 6) is 5.45. The van der Waals surface area contributed by atoms with Gasteiger partial charge in [-0.25, -0.2) is 0 Å². The minimum Gasteiger partial charge on any atom is -0.336 e. The molecule has 92 valence electrons. The number of carbonyl (C=O) groups is 1. The van der Waals surface area contributed by atoms with Crippen molar-refractivity contribution in [3.05, 3.63) is 23.5 Å². The minimum atomic E-state index is 0.00968. The van der Waals surface area contributed by atoms with Crippen molar-refractivity contribution < 1.29 is 4.79 Å². The second kappa shape index (κ2) is 4.71. The number of amides is 1. The maximum atomic E-state index is 12.3. The van der Waals surface area contributed by atoms with Gasteiger partial charge in [-0.3, -0.25) is 15.6 Å². The number of nitrogens with zero attached hydrogens (tertiary/aromatic N) is 2. The number of nitrogens with one attached hydrogen (secondary N) is 1. The Morgan fingerprint density at radius 3 is 2.88 bits per heavy atom. The highest BCUT2D eigenvalue weighted by Crippen LogP contribution is 2.29. The number of pyridine rings is 1. The largest absolute Gasteiger partial charge is 0.336 e. The van der Waals surface area contributed by atoms with E-state index >= 15 is 0 Å². The van der Waals surface area contributed by atoms with E-state index in [1.807, 2.05) is 18.7 Å². The van der Waals surface area contributed by atoms with Crippen molar-refractivity contribution in [3.8, 4) is 0 Å². The van der Waals surface area contributed by atoms with E-state index in [1.54, 1.807) is 12.3 Å². The lowest BCUT2D eigenvalue weighted by molar-refractivity contribution is 0.0753. The molecule has 0 spiro atoms. The first-order valence-electron chi connectivity index (χ1n) is 5.91. The molecule has 17 heavy (non-hydrogen) atoms. The molecular weight excluding hydrogens is 216 g/mol. The highest BCUT2D eigenvalue weighted by molar-refractivity contribution is 5.99. The molecule has 0 bridgehead atoms. The molecule has 0 aromatic carbocycles. The van der Waals surface area contributed by atoms with Gasteiger partial charge in [0, 0.05) is 24.5 Å². The SMILES string of the molecule is CCN(C(=O)c1cnc(C)cc1NN)C1CC1. The van der Waals surface area contributed by atoms with Gasteiger partial charge >= 0.3 is 0 Å². The summed E-state index contributed by atoms with van der Waals surface area (Å²) in [5, 5.41) is 0. The Kier molecular flexibility index (Phi) is 3.28. The third kappa shape index (κ3) is 2.39. The van der Waals surface area contributed by atoms with Crippen molar-refractivity contribution >= 4 is 11.6 Å². The van der Waals surface area contributed by atoms with Crippen LogP contribution in [0, 0.1) is 6.92 Å². The maximum Gasteiger partial charge on any atom is 0.257 e. The second-order valence-corrected chi connectivity index (χ2v) is 4.34.